The Kier molecular flexibility index (Phi) is 3.87. The highest BCUT2D eigenvalue weighted by molar-refractivity contribution is 5.94. The molecule has 0 aliphatic heterocycles. The molecule has 4 nitrogen and oxygen atoms in total. The number of rotatable bonds is 3. The number of aryl methyl sites for hydroxylation is 1. The molecule has 0 aromatic heterocycles. The van der Waals surface area contributed by atoms with Crippen molar-refractivity contribution in [2.24, 2.45) is 0 Å². The van der Waals surface area contributed by atoms with Gasteiger partial charge in [0.05, 0.1) is 17.7 Å². The number of carbonyl (C=O) groups is 1. The van der Waals surface area contributed by atoms with Crippen LogP contribution in [-0.2, 0) is 0 Å². The van der Waals surface area contributed by atoms with Crippen molar-refractivity contribution in [3.8, 4) is 0 Å². The van der Waals surface area contributed by atoms with Crippen molar-refractivity contribution in [1.82, 2.24) is 0 Å². The SMILES string of the molecule is Cc1ccc(NC2CCCCC2O)c(C(=O)O)c1. The summed E-state index contributed by atoms with van der Waals surface area (Å²) >= 11 is 0. The zero-order chi connectivity index (χ0) is 13.1. The Morgan fingerprint density at radius 1 is 1.33 bits per heavy atom. The van der Waals surface area contributed by atoms with Gasteiger partial charge in [-0.2, -0.15) is 0 Å². The molecule has 3 N–H and O–H groups in total. The van der Waals surface area contributed by atoms with E-state index in [1.807, 2.05) is 13.0 Å². The standard InChI is InChI=1S/C14H19NO3/c1-9-6-7-11(10(8-9)14(17)18)15-12-4-2-3-5-13(12)16/h6-8,12-13,15-16H,2-5H2,1H3,(H,17,18). The lowest BCUT2D eigenvalue weighted by Gasteiger charge is -2.29. The van der Waals surface area contributed by atoms with Gasteiger partial charge >= 0.3 is 5.97 Å². The fourth-order valence-corrected chi connectivity index (χ4v) is 2.44. The number of benzene rings is 1. The van der Waals surface area contributed by atoms with E-state index in [4.69, 9.17) is 0 Å². The summed E-state index contributed by atoms with van der Waals surface area (Å²) in [6.07, 6.45) is 3.39. The second kappa shape index (κ2) is 5.40. The highest BCUT2D eigenvalue weighted by atomic mass is 16.4. The van der Waals surface area contributed by atoms with Crippen LogP contribution in [-0.4, -0.2) is 28.3 Å². The van der Waals surface area contributed by atoms with Crippen LogP contribution in [0.5, 0.6) is 0 Å². The quantitative estimate of drug-likeness (QED) is 0.769. The van der Waals surface area contributed by atoms with Gasteiger partial charge in [-0.25, -0.2) is 4.79 Å². The predicted molar refractivity (Wildman–Crippen MR) is 70.0 cm³/mol. The minimum atomic E-state index is -0.938. The molecule has 0 heterocycles. The summed E-state index contributed by atoms with van der Waals surface area (Å²) in [5, 5.41) is 22.3. The van der Waals surface area contributed by atoms with E-state index in [2.05, 4.69) is 5.32 Å². The fourth-order valence-electron chi connectivity index (χ4n) is 2.44. The number of aliphatic hydroxyl groups is 1. The maximum Gasteiger partial charge on any atom is 0.337 e. The lowest BCUT2D eigenvalue weighted by molar-refractivity contribution is 0.0697. The van der Waals surface area contributed by atoms with Gasteiger partial charge in [0.15, 0.2) is 0 Å². The average Bonchev–Trinajstić information content (AvgIpc) is 2.34. The van der Waals surface area contributed by atoms with E-state index in [9.17, 15) is 15.0 Å². The summed E-state index contributed by atoms with van der Waals surface area (Å²) in [5.41, 5.74) is 1.79. The van der Waals surface area contributed by atoms with Crippen molar-refractivity contribution in [1.29, 1.82) is 0 Å². The van der Waals surface area contributed by atoms with E-state index in [1.165, 1.54) is 0 Å². The molecule has 0 saturated heterocycles. The topological polar surface area (TPSA) is 69.6 Å². The Bertz CT molecular complexity index is 445. The molecule has 0 amide bonds. The Morgan fingerprint density at radius 3 is 2.72 bits per heavy atom. The minimum Gasteiger partial charge on any atom is -0.478 e. The molecule has 1 aromatic rings. The molecule has 1 saturated carbocycles. The lowest BCUT2D eigenvalue weighted by atomic mass is 9.92. The maximum atomic E-state index is 11.2. The number of hydrogen-bond acceptors (Lipinski definition) is 3. The van der Waals surface area contributed by atoms with E-state index in [0.717, 1.165) is 31.2 Å². The van der Waals surface area contributed by atoms with Gasteiger partial charge in [0.25, 0.3) is 0 Å². The molecule has 4 heteroatoms. The highest BCUT2D eigenvalue weighted by Crippen LogP contribution is 2.25. The van der Waals surface area contributed by atoms with Crippen LogP contribution < -0.4 is 5.32 Å². The highest BCUT2D eigenvalue weighted by Gasteiger charge is 2.24. The first-order valence-corrected chi connectivity index (χ1v) is 6.36. The molecular formula is C14H19NO3. The van der Waals surface area contributed by atoms with E-state index in [0.29, 0.717) is 5.69 Å². The fraction of sp³-hybridized carbons (Fsp3) is 0.500. The summed E-state index contributed by atoms with van der Waals surface area (Å²) in [6.45, 7) is 1.87. The summed E-state index contributed by atoms with van der Waals surface area (Å²) in [7, 11) is 0. The summed E-state index contributed by atoms with van der Waals surface area (Å²) in [4.78, 5) is 11.2. The van der Waals surface area contributed by atoms with Crippen LogP contribution in [0.2, 0.25) is 0 Å². The number of nitrogens with one attached hydrogen (secondary N) is 1. The van der Waals surface area contributed by atoms with Crippen LogP contribution in [0.3, 0.4) is 0 Å². The number of carboxylic acid groups (broad SMARTS) is 1. The van der Waals surface area contributed by atoms with Crippen LogP contribution >= 0.6 is 0 Å². The van der Waals surface area contributed by atoms with Crippen molar-refractivity contribution < 1.29 is 15.0 Å². The Morgan fingerprint density at radius 2 is 2.06 bits per heavy atom. The smallest absolute Gasteiger partial charge is 0.337 e. The van der Waals surface area contributed by atoms with Gasteiger partial charge in [0, 0.05) is 5.69 Å². The van der Waals surface area contributed by atoms with Gasteiger partial charge < -0.3 is 15.5 Å². The van der Waals surface area contributed by atoms with Crippen LogP contribution in [0, 0.1) is 6.92 Å². The third kappa shape index (κ3) is 2.82. The molecule has 0 radical (unpaired) electrons. The predicted octanol–water partition coefficient (Wildman–Crippen LogP) is 2.41. The third-order valence-electron chi connectivity index (χ3n) is 3.48. The van der Waals surface area contributed by atoms with Gasteiger partial charge in [-0.05, 0) is 31.9 Å². The molecule has 1 aliphatic carbocycles. The van der Waals surface area contributed by atoms with E-state index < -0.39 is 5.97 Å². The normalized spacial score (nSPS) is 23.7. The van der Waals surface area contributed by atoms with Gasteiger partial charge in [0.2, 0.25) is 0 Å². The molecule has 1 aliphatic rings. The molecular weight excluding hydrogens is 230 g/mol. The van der Waals surface area contributed by atoms with Crippen molar-refractivity contribution in [2.45, 2.75) is 44.8 Å². The van der Waals surface area contributed by atoms with Crippen molar-refractivity contribution in [3.63, 3.8) is 0 Å². The Balaban J connectivity index is 2.20. The second-order valence-corrected chi connectivity index (χ2v) is 4.96. The van der Waals surface area contributed by atoms with Gasteiger partial charge in [0.1, 0.15) is 0 Å². The molecule has 0 spiro atoms. The molecule has 1 aromatic carbocycles. The molecule has 2 atom stereocenters. The molecule has 98 valence electrons. The van der Waals surface area contributed by atoms with Crippen molar-refractivity contribution >= 4 is 11.7 Å². The number of carboxylic acids is 1. The first kappa shape index (κ1) is 12.9. The summed E-state index contributed by atoms with van der Waals surface area (Å²) in [6, 6.07) is 5.27. The van der Waals surface area contributed by atoms with E-state index in [1.54, 1.807) is 12.1 Å². The Hall–Kier alpha value is -1.55. The summed E-state index contributed by atoms with van der Waals surface area (Å²) in [5.74, 6) is -0.938. The number of aromatic carboxylic acids is 1. The lowest BCUT2D eigenvalue weighted by Crippen LogP contribution is -2.36. The largest absolute Gasteiger partial charge is 0.478 e. The van der Waals surface area contributed by atoms with Crippen LogP contribution in [0.15, 0.2) is 18.2 Å². The number of aliphatic hydroxyl groups excluding tert-OH is 1. The van der Waals surface area contributed by atoms with Gasteiger partial charge in [-0.3, -0.25) is 0 Å². The van der Waals surface area contributed by atoms with E-state index in [-0.39, 0.29) is 17.7 Å². The van der Waals surface area contributed by atoms with Crippen LogP contribution in [0.4, 0.5) is 5.69 Å². The molecule has 18 heavy (non-hydrogen) atoms. The van der Waals surface area contributed by atoms with E-state index >= 15 is 0 Å². The molecule has 1 fully saturated rings. The Labute approximate surface area is 107 Å². The van der Waals surface area contributed by atoms with Crippen molar-refractivity contribution in [3.05, 3.63) is 29.3 Å². The van der Waals surface area contributed by atoms with Gasteiger partial charge in [-0.1, -0.05) is 24.5 Å². The molecule has 0 bridgehead atoms. The van der Waals surface area contributed by atoms with Crippen LogP contribution in [0.1, 0.15) is 41.6 Å². The van der Waals surface area contributed by atoms with Crippen molar-refractivity contribution in [2.75, 3.05) is 5.32 Å². The number of anilines is 1. The number of hydrogen-bond donors (Lipinski definition) is 3. The third-order valence-corrected chi connectivity index (χ3v) is 3.48. The molecule has 2 unspecified atom stereocenters. The minimum absolute atomic E-state index is 0.0421. The average molecular weight is 249 g/mol. The zero-order valence-corrected chi connectivity index (χ0v) is 10.5. The molecule has 2 rings (SSSR count). The second-order valence-electron chi connectivity index (χ2n) is 4.96. The summed E-state index contributed by atoms with van der Waals surface area (Å²) < 4.78 is 0. The maximum absolute atomic E-state index is 11.2. The van der Waals surface area contributed by atoms with Gasteiger partial charge in [-0.15, -0.1) is 0 Å². The first-order chi connectivity index (χ1) is 8.58. The zero-order valence-electron chi connectivity index (χ0n) is 10.5. The first-order valence-electron chi connectivity index (χ1n) is 6.36. The van der Waals surface area contributed by atoms with Crippen LogP contribution in [0.25, 0.3) is 0 Å². The monoisotopic (exact) mass is 249 g/mol.